The zero-order chi connectivity index (χ0) is 43.5. The molecule has 0 bridgehead atoms. The molecule has 0 rings (SSSR count). The average molecular weight is 835 g/mol. The van der Waals surface area contributed by atoms with Gasteiger partial charge in [0, 0.05) is 19.3 Å². The summed E-state index contributed by atoms with van der Waals surface area (Å²) in [6, 6.07) is -0.614. The third-order valence-electron chi connectivity index (χ3n) is 11.3. The average Bonchev–Trinajstić information content (AvgIpc) is 3.19. The molecule has 59 heavy (non-hydrogen) atoms. The van der Waals surface area contributed by atoms with Gasteiger partial charge in [0.25, 0.3) is 0 Å². The van der Waals surface area contributed by atoms with E-state index in [4.69, 9.17) is 14.2 Å². The summed E-state index contributed by atoms with van der Waals surface area (Å²) in [6.07, 6.45) is 47.9. The SMILES string of the molecule is CCCCCCCC/C=C\CCCCCCCCCCCC(=O)OC(COCCC(C(=O)O)[N+](C)(C)C)COC(=O)CCCCCCC/C=C\CCCCCCCCC. The van der Waals surface area contributed by atoms with E-state index < -0.39 is 18.1 Å². The zero-order valence-electron chi connectivity index (χ0n) is 39.5. The number of likely N-dealkylation sites (N-methyl/N-ethyl adjacent to an activating group) is 1. The van der Waals surface area contributed by atoms with Gasteiger partial charge in [-0.3, -0.25) is 9.59 Å². The molecule has 0 spiro atoms. The first kappa shape index (κ1) is 56.8. The van der Waals surface area contributed by atoms with E-state index in [1.54, 1.807) is 0 Å². The summed E-state index contributed by atoms with van der Waals surface area (Å²) in [4.78, 5) is 37.1. The van der Waals surface area contributed by atoms with Crippen LogP contribution in [0.25, 0.3) is 0 Å². The van der Waals surface area contributed by atoms with Gasteiger partial charge < -0.3 is 23.8 Å². The highest BCUT2D eigenvalue weighted by Crippen LogP contribution is 2.15. The lowest BCUT2D eigenvalue weighted by Gasteiger charge is -2.31. The first-order valence-corrected chi connectivity index (χ1v) is 24.9. The number of allylic oxidation sites excluding steroid dienone is 4. The predicted octanol–water partition coefficient (Wildman–Crippen LogP) is 14.0. The molecular weight excluding hydrogens is 739 g/mol. The molecule has 0 amide bonds. The molecule has 8 heteroatoms. The van der Waals surface area contributed by atoms with E-state index in [2.05, 4.69) is 38.2 Å². The van der Waals surface area contributed by atoms with Crippen molar-refractivity contribution in [3.8, 4) is 0 Å². The maximum absolute atomic E-state index is 12.8. The van der Waals surface area contributed by atoms with Crippen LogP contribution in [0.2, 0.25) is 0 Å². The highest BCUT2D eigenvalue weighted by molar-refractivity contribution is 5.72. The fourth-order valence-electron chi connectivity index (χ4n) is 7.43. The van der Waals surface area contributed by atoms with Crippen LogP contribution in [-0.2, 0) is 28.6 Å². The van der Waals surface area contributed by atoms with E-state index in [-0.39, 0.29) is 36.2 Å². The minimum atomic E-state index is -0.874. The number of carboxylic acid groups (broad SMARTS) is 1. The number of carbonyl (C=O) groups is 3. The Bertz CT molecular complexity index is 1020. The number of carbonyl (C=O) groups excluding carboxylic acids is 2. The number of carboxylic acids is 1. The second-order valence-electron chi connectivity index (χ2n) is 18.1. The number of esters is 2. The van der Waals surface area contributed by atoms with Crippen LogP contribution in [0.1, 0.15) is 232 Å². The number of ether oxygens (including phenoxy) is 3. The van der Waals surface area contributed by atoms with Crippen LogP contribution in [-0.4, -0.2) is 80.6 Å². The van der Waals surface area contributed by atoms with Crippen molar-refractivity contribution in [2.45, 2.75) is 244 Å². The van der Waals surface area contributed by atoms with Gasteiger partial charge in [-0.15, -0.1) is 0 Å². The first-order chi connectivity index (χ1) is 28.6. The van der Waals surface area contributed by atoms with Crippen LogP contribution in [0.3, 0.4) is 0 Å². The van der Waals surface area contributed by atoms with Crippen molar-refractivity contribution in [2.24, 2.45) is 0 Å². The number of nitrogens with zero attached hydrogens (tertiary/aromatic N) is 1. The Labute approximate surface area is 364 Å². The van der Waals surface area contributed by atoms with Crippen molar-refractivity contribution >= 4 is 17.9 Å². The number of rotatable bonds is 45. The number of quaternary nitrogens is 1. The molecule has 0 aromatic heterocycles. The molecule has 0 saturated carbocycles. The summed E-state index contributed by atoms with van der Waals surface area (Å²) in [5.41, 5.74) is 0. The molecule has 0 aliphatic rings. The largest absolute Gasteiger partial charge is 0.477 e. The number of hydrogen-bond acceptors (Lipinski definition) is 6. The maximum Gasteiger partial charge on any atom is 0.362 e. The molecule has 1 N–H and O–H groups in total. The standard InChI is InChI=1S/C51H95NO7/c1-6-8-10-12-14-16-18-20-22-24-25-26-28-30-32-34-36-38-40-42-50(54)59-47(45-57-44-43-48(51(55)56)52(3,4)5)46-58-49(53)41-39-37-35-33-31-29-27-23-21-19-17-15-13-11-9-7-2/h20,22-23,27,47-48H,6-19,21,24-26,28-46H2,1-5H3/p+1/b22-20-,27-23-. The third-order valence-corrected chi connectivity index (χ3v) is 11.3. The highest BCUT2D eigenvalue weighted by atomic mass is 16.6. The van der Waals surface area contributed by atoms with E-state index in [9.17, 15) is 19.5 Å². The Morgan fingerprint density at radius 3 is 1.22 bits per heavy atom. The van der Waals surface area contributed by atoms with Gasteiger partial charge in [-0.25, -0.2) is 4.79 Å². The number of unbranched alkanes of at least 4 members (excludes halogenated alkanes) is 27. The van der Waals surface area contributed by atoms with E-state index in [0.717, 1.165) is 44.9 Å². The van der Waals surface area contributed by atoms with E-state index in [1.165, 1.54) is 154 Å². The van der Waals surface area contributed by atoms with Gasteiger partial charge in [0.1, 0.15) is 6.61 Å². The van der Waals surface area contributed by atoms with E-state index in [0.29, 0.717) is 19.3 Å². The minimum absolute atomic E-state index is 0.0526. The van der Waals surface area contributed by atoms with Crippen LogP contribution >= 0.6 is 0 Å². The molecule has 2 atom stereocenters. The molecule has 0 aromatic rings. The van der Waals surface area contributed by atoms with Crippen molar-refractivity contribution in [1.29, 1.82) is 0 Å². The molecule has 0 radical (unpaired) electrons. The van der Waals surface area contributed by atoms with Crippen molar-refractivity contribution in [3.05, 3.63) is 24.3 Å². The summed E-state index contributed by atoms with van der Waals surface area (Å²) in [6.45, 7) is 4.75. The van der Waals surface area contributed by atoms with Gasteiger partial charge in [0.2, 0.25) is 0 Å². The molecular formula is C51H96NO7+. The second-order valence-corrected chi connectivity index (χ2v) is 18.1. The fraction of sp³-hybridized carbons (Fsp3) is 0.863. The molecule has 0 saturated heterocycles. The Balaban J connectivity index is 4.27. The Kier molecular flexibility index (Phi) is 40.9. The third kappa shape index (κ3) is 41.0. The predicted molar refractivity (Wildman–Crippen MR) is 248 cm³/mol. The monoisotopic (exact) mass is 835 g/mol. The summed E-state index contributed by atoms with van der Waals surface area (Å²) in [5, 5.41) is 9.64. The molecule has 0 fully saturated rings. The zero-order valence-corrected chi connectivity index (χ0v) is 39.5. The molecule has 0 heterocycles. The van der Waals surface area contributed by atoms with Gasteiger partial charge in [0.05, 0.1) is 34.4 Å². The van der Waals surface area contributed by atoms with Gasteiger partial charge in [0.15, 0.2) is 12.1 Å². The van der Waals surface area contributed by atoms with E-state index in [1.807, 2.05) is 21.1 Å². The highest BCUT2D eigenvalue weighted by Gasteiger charge is 2.31. The molecule has 0 aliphatic carbocycles. The molecule has 346 valence electrons. The molecule has 8 nitrogen and oxygen atoms in total. The van der Waals surface area contributed by atoms with Gasteiger partial charge in [-0.1, -0.05) is 173 Å². The van der Waals surface area contributed by atoms with Crippen LogP contribution in [0.5, 0.6) is 0 Å². The summed E-state index contributed by atoms with van der Waals surface area (Å²) in [7, 11) is 5.54. The minimum Gasteiger partial charge on any atom is -0.477 e. The lowest BCUT2D eigenvalue weighted by molar-refractivity contribution is -0.887. The maximum atomic E-state index is 12.8. The van der Waals surface area contributed by atoms with Gasteiger partial charge in [-0.2, -0.15) is 0 Å². The quantitative estimate of drug-likeness (QED) is 0.0282. The summed E-state index contributed by atoms with van der Waals surface area (Å²) in [5.74, 6) is -1.47. The Hall–Kier alpha value is -2.19. The number of hydrogen-bond donors (Lipinski definition) is 1. The normalized spacial score (nSPS) is 13.0. The van der Waals surface area contributed by atoms with Gasteiger partial charge in [-0.05, 0) is 64.2 Å². The first-order valence-electron chi connectivity index (χ1n) is 24.9. The lowest BCUT2D eigenvalue weighted by Crippen LogP contribution is -2.50. The summed E-state index contributed by atoms with van der Waals surface area (Å²) < 4.78 is 17.3. The van der Waals surface area contributed by atoms with E-state index >= 15 is 0 Å². The van der Waals surface area contributed by atoms with Crippen LogP contribution in [0.15, 0.2) is 24.3 Å². The molecule has 0 aromatic carbocycles. The number of aliphatic carboxylic acids is 1. The summed E-state index contributed by atoms with van der Waals surface area (Å²) >= 11 is 0. The molecule has 2 unspecified atom stereocenters. The smallest absolute Gasteiger partial charge is 0.362 e. The van der Waals surface area contributed by atoms with Crippen molar-refractivity contribution in [2.75, 3.05) is 41.0 Å². The lowest BCUT2D eigenvalue weighted by atomic mass is 10.1. The topological polar surface area (TPSA) is 99.1 Å². The van der Waals surface area contributed by atoms with Crippen LogP contribution < -0.4 is 0 Å². The van der Waals surface area contributed by atoms with Crippen molar-refractivity contribution in [3.63, 3.8) is 0 Å². The Morgan fingerprint density at radius 1 is 0.492 bits per heavy atom. The molecule has 0 aliphatic heterocycles. The van der Waals surface area contributed by atoms with Crippen molar-refractivity contribution < 1.29 is 38.2 Å². The Morgan fingerprint density at radius 2 is 0.847 bits per heavy atom. The van der Waals surface area contributed by atoms with Crippen molar-refractivity contribution in [1.82, 2.24) is 0 Å². The van der Waals surface area contributed by atoms with Crippen LogP contribution in [0, 0.1) is 0 Å². The fourth-order valence-corrected chi connectivity index (χ4v) is 7.43. The van der Waals surface area contributed by atoms with Gasteiger partial charge >= 0.3 is 17.9 Å². The van der Waals surface area contributed by atoms with Crippen LogP contribution in [0.4, 0.5) is 0 Å². The second kappa shape index (κ2) is 42.5.